The van der Waals surface area contributed by atoms with Gasteiger partial charge in [0.2, 0.25) is 0 Å². The molecule has 1 rings (SSSR count). The lowest BCUT2D eigenvalue weighted by atomic mass is 9.89. The fraction of sp³-hybridized carbons (Fsp3) is 0.722. The van der Waals surface area contributed by atoms with Crippen LogP contribution in [0.1, 0.15) is 51.4 Å². The number of ether oxygens (including phenoxy) is 1. The second-order valence-corrected chi connectivity index (χ2v) is 7.34. The SMILES string of the molecule is COc1c(C)cnc(CC(C)C(C)CNC(C)(C)C)c1C. The zero-order valence-corrected chi connectivity index (χ0v) is 15.0. The summed E-state index contributed by atoms with van der Waals surface area (Å²) in [7, 11) is 1.73. The number of hydrogen-bond acceptors (Lipinski definition) is 3. The number of rotatable bonds is 6. The Balaban J connectivity index is 2.72. The summed E-state index contributed by atoms with van der Waals surface area (Å²) in [6.07, 6.45) is 2.92. The van der Waals surface area contributed by atoms with Gasteiger partial charge >= 0.3 is 0 Å². The molecule has 3 heteroatoms. The van der Waals surface area contributed by atoms with E-state index < -0.39 is 0 Å². The van der Waals surface area contributed by atoms with Crippen LogP contribution in [0.5, 0.6) is 5.75 Å². The van der Waals surface area contributed by atoms with E-state index in [0.717, 1.165) is 30.0 Å². The lowest BCUT2D eigenvalue weighted by molar-refractivity contribution is 0.315. The molecule has 0 bridgehead atoms. The van der Waals surface area contributed by atoms with Gasteiger partial charge < -0.3 is 10.1 Å². The van der Waals surface area contributed by atoms with Crippen molar-refractivity contribution in [1.82, 2.24) is 10.3 Å². The predicted molar refractivity (Wildman–Crippen MR) is 90.1 cm³/mol. The Bertz CT molecular complexity index is 463. The van der Waals surface area contributed by atoms with Gasteiger partial charge in [0.15, 0.2) is 0 Å². The molecule has 0 amide bonds. The van der Waals surface area contributed by atoms with Crippen molar-refractivity contribution in [3.63, 3.8) is 0 Å². The Hall–Kier alpha value is -1.09. The van der Waals surface area contributed by atoms with Gasteiger partial charge in [0.25, 0.3) is 0 Å². The van der Waals surface area contributed by atoms with E-state index >= 15 is 0 Å². The Morgan fingerprint density at radius 3 is 2.33 bits per heavy atom. The molecule has 0 saturated carbocycles. The third kappa shape index (κ3) is 5.31. The summed E-state index contributed by atoms with van der Waals surface area (Å²) in [6.45, 7) is 16.4. The topological polar surface area (TPSA) is 34.1 Å². The van der Waals surface area contributed by atoms with Crippen molar-refractivity contribution < 1.29 is 4.74 Å². The van der Waals surface area contributed by atoms with Crippen LogP contribution < -0.4 is 10.1 Å². The van der Waals surface area contributed by atoms with Gasteiger partial charge in [-0.15, -0.1) is 0 Å². The lowest BCUT2D eigenvalue weighted by Crippen LogP contribution is -2.40. The molecule has 21 heavy (non-hydrogen) atoms. The van der Waals surface area contributed by atoms with Crippen molar-refractivity contribution in [3.05, 3.63) is 23.0 Å². The Morgan fingerprint density at radius 1 is 1.19 bits per heavy atom. The number of aromatic nitrogens is 1. The molecule has 1 heterocycles. The normalized spacial score (nSPS) is 14.9. The molecule has 0 aliphatic rings. The number of aryl methyl sites for hydroxylation is 1. The molecule has 0 spiro atoms. The fourth-order valence-corrected chi connectivity index (χ4v) is 2.45. The number of pyridine rings is 1. The number of nitrogens with zero attached hydrogens (tertiary/aromatic N) is 1. The van der Waals surface area contributed by atoms with Crippen LogP contribution in [0.25, 0.3) is 0 Å². The molecule has 3 nitrogen and oxygen atoms in total. The molecule has 0 radical (unpaired) electrons. The average Bonchev–Trinajstić information content (AvgIpc) is 2.39. The first-order valence-corrected chi connectivity index (χ1v) is 7.89. The summed E-state index contributed by atoms with van der Waals surface area (Å²) in [5, 5.41) is 3.59. The second kappa shape index (κ2) is 7.26. The van der Waals surface area contributed by atoms with Crippen LogP contribution in [0, 0.1) is 25.7 Å². The molecule has 0 fully saturated rings. The van der Waals surface area contributed by atoms with Gasteiger partial charge in [0.05, 0.1) is 7.11 Å². The maximum Gasteiger partial charge on any atom is 0.128 e. The minimum absolute atomic E-state index is 0.176. The van der Waals surface area contributed by atoms with Crippen molar-refractivity contribution in [2.75, 3.05) is 13.7 Å². The molecule has 0 saturated heterocycles. The van der Waals surface area contributed by atoms with E-state index in [-0.39, 0.29) is 5.54 Å². The monoisotopic (exact) mass is 292 g/mol. The van der Waals surface area contributed by atoms with Crippen LogP contribution >= 0.6 is 0 Å². The quantitative estimate of drug-likeness (QED) is 0.863. The standard InChI is InChI=1S/C18H32N2O/c1-12(13(2)11-20-18(5,6)7)9-16-15(4)17(21-8)14(3)10-19-16/h10,12-13,20H,9,11H2,1-8H3. The van der Waals surface area contributed by atoms with Crippen LogP contribution in [0.2, 0.25) is 0 Å². The highest BCUT2D eigenvalue weighted by molar-refractivity contribution is 5.41. The van der Waals surface area contributed by atoms with Gasteiger partial charge in [0, 0.05) is 28.6 Å². The number of hydrogen-bond donors (Lipinski definition) is 1. The first-order chi connectivity index (χ1) is 9.65. The van der Waals surface area contributed by atoms with Crippen LogP contribution in [0.15, 0.2) is 6.20 Å². The highest BCUT2D eigenvalue weighted by Crippen LogP contribution is 2.27. The Kier molecular flexibility index (Phi) is 6.21. The van der Waals surface area contributed by atoms with Gasteiger partial charge in [0.1, 0.15) is 5.75 Å². The summed E-state index contributed by atoms with van der Waals surface area (Å²) in [5.41, 5.74) is 3.62. The third-order valence-electron chi connectivity index (χ3n) is 4.19. The largest absolute Gasteiger partial charge is 0.496 e. The van der Waals surface area contributed by atoms with Gasteiger partial charge in [-0.25, -0.2) is 0 Å². The van der Waals surface area contributed by atoms with Crippen molar-refractivity contribution in [1.29, 1.82) is 0 Å². The average molecular weight is 292 g/mol. The smallest absolute Gasteiger partial charge is 0.128 e. The molecule has 0 aliphatic heterocycles. The zero-order chi connectivity index (χ0) is 16.2. The van der Waals surface area contributed by atoms with E-state index in [1.807, 2.05) is 13.1 Å². The van der Waals surface area contributed by atoms with Crippen molar-refractivity contribution in [3.8, 4) is 5.75 Å². The van der Waals surface area contributed by atoms with E-state index in [0.29, 0.717) is 11.8 Å². The summed E-state index contributed by atoms with van der Waals surface area (Å²) < 4.78 is 5.50. The maximum absolute atomic E-state index is 5.50. The molecule has 2 unspecified atom stereocenters. The van der Waals surface area contributed by atoms with Crippen LogP contribution in [0.4, 0.5) is 0 Å². The lowest BCUT2D eigenvalue weighted by Gasteiger charge is -2.27. The molecule has 0 aromatic carbocycles. The highest BCUT2D eigenvalue weighted by atomic mass is 16.5. The summed E-state index contributed by atoms with van der Waals surface area (Å²) in [5.74, 6) is 2.17. The molecular formula is C18H32N2O. The van der Waals surface area contributed by atoms with E-state index in [2.05, 4.69) is 51.8 Å². The second-order valence-electron chi connectivity index (χ2n) is 7.34. The van der Waals surface area contributed by atoms with Gasteiger partial charge in [-0.1, -0.05) is 13.8 Å². The summed E-state index contributed by atoms with van der Waals surface area (Å²) in [6, 6.07) is 0. The minimum atomic E-state index is 0.176. The molecule has 1 aromatic rings. The molecule has 120 valence electrons. The molecule has 0 aliphatic carbocycles. The minimum Gasteiger partial charge on any atom is -0.496 e. The fourth-order valence-electron chi connectivity index (χ4n) is 2.45. The first kappa shape index (κ1) is 18.0. The molecule has 2 atom stereocenters. The molecule has 1 N–H and O–H groups in total. The van der Waals surface area contributed by atoms with E-state index in [9.17, 15) is 0 Å². The van der Waals surface area contributed by atoms with Crippen molar-refractivity contribution >= 4 is 0 Å². The van der Waals surface area contributed by atoms with Gasteiger partial charge in [-0.2, -0.15) is 0 Å². The number of methoxy groups -OCH3 is 1. The number of nitrogens with one attached hydrogen (secondary N) is 1. The van der Waals surface area contributed by atoms with Crippen LogP contribution in [0.3, 0.4) is 0 Å². The Labute approximate surface area is 130 Å². The summed E-state index contributed by atoms with van der Waals surface area (Å²) in [4.78, 5) is 4.62. The Morgan fingerprint density at radius 2 is 1.81 bits per heavy atom. The van der Waals surface area contributed by atoms with E-state index in [1.54, 1.807) is 7.11 Å². The van der Waals surface area contributed by atoms with E-state index in [4.69, 9.17) is 4.74 Å². The zero-order valence-electron chi connectivity index (χ0n) is 15.0. The highest BCUT2D eigenvalue weighted by Gasteiger charge is 2.19. The van der Waals surface area contributed by atoms with Gasteiger partial charge in [-0.3, -0.25) is 4.98 Å². The van der Waals surface area contributed by atoms with Crippen LogP contribution in [-0.4, -0.2) is 24.2 Å². The van der Waals surface area contributed by atoms with Crippen molar-refractivity contribution in [2.45, 2.75) is 60.4 Å². The predicted octanol–water partition coefficient (Wildman–Crippen LogP) is 3.91. The first-order valence-electron chi connectivity index (χ1n) is 7.89. The molecular weight excluding hydrogens is 260 g/mol. The van der Waals surface area contributed by atoms with Crippen molar-refractivity contribution in [2.24, 2.45) is 11.8 Å². The maximum atomic E-state index is 5.50. The van der Waals surface area contributed by atoms with Gasteiger partial charge in [-0.05, 0) is 59.4 Å². The van der Waals surface area contributed by atoms with Crippen LogP contribution in [-0.2, 0) is 6.42 Å². The van der Waals surface area contributed by atoms with E-state index in [1.165, 1.54) is 5.56 Å². The third-order valence-corrected chi connectivity index (χ3v) is 4.19. The summed E-state index contributed by atoms with van der Waals surface area (Å²) >= 11 is 0. The molecule has 1 aromatic heterocycles.